The molecule has 2 aromatic rings. The molecule has 0 unspecified atom stereocenters. The van der Waals surface area contributed by atoms with Crippen molar-refractivity contribution in [2.75, 3.05) is 33.5 Å². The van der Waals surface area contributed by atoms with Crippen molar-refractivity contribution in [3.63, 3.8) is 0 Å². The van der Waals surface area contributed by atoms with E-state index in [1.165, 1.54) is 0 Å². The summed E-state index contributed by atoms with van der Waals surface area (Å²) in [5, 5.41) is 17.9. The van der Waals surface area contributed by atoms with Crippen LogP contribution in [0.4, 0.5) is 0 Å². The first-order valence-electron chi connectivity index (χ1n) is 11.9. The Labute approximate surface area is 200 Å². The zero-order chi connectivity index (χ0) is 24.1. The SMILES string of the molecule is C[C@H]1CN([C@@H](C)CO)C(=O)CCCn2nncc2CO[C@@H]1CN(C)Cc1ccc2c(c1)OCO2. The average molecular weight is 474 g/mol. The molecule has 2 aliphatic heterocycles. The molecule has 4 rings (SSSR count). The number of benzene rings is 1. The second-order valence-electron chi connectivity index (χ2n) is 9.34. The molecule has 0 saturated heterocycles. The van der Waals surface area contributed by atoms with Gasteiger partial charge in [0.15, 0.2) is 11.5 Å². The summed E-state index contributed by atoms with van der Waals surface area (Å²) >= 11 is 0. The number of hydrogen-bond acceptors (Lipinski definition) is 8. The van der Waals surface area contributed by atoms with Crippen LogP contribution < -0.4 is 9.47 Å². The van der Waals surface area contributed by atoms with E-state index in [1.54, 1.807) is 11.1 Å². The Kier molecular flexibility index (Phi) is 8.02. The third kappa shape index (κ3) is 5.86. The lowest BCUT2D eigenvalue weighted by atomic mass is 10.0. The largest absolute Gasteiger partial charge is 0.454 e. The molecule has 0 spiro atoms. The molecule has 0 radical (unpaired) electrons. The maximum Gasteiger partial charge on any atom is 0.231 e. The Hall–Kier alpha value is -2.69. The van der Waals surface area contributed by atoms with E-state index in [0.29, 0.717) is 39.1 Å². The van der Waals surface area contributed by atoms with Crippen LogP contribution in [0.15, 0.2) is 24.4 Å². The minimum atomic E-state index is -0.244. The molecule has 10 heteroatoms. The van der Waals surface area contributed by atoms with Crippen LogP contribution >= 0.6 is 0 Å². The second kappa shape index (κ2) is 11.2. The fraction of sp³-hybridized carbons (Fsp3) is 0.625. The average Bonchev–Trinajstić information content (AvgIpc) is 3.47. The number of carbonyl (C=O) groups is 1. The number of likely N-dealkylation sites (N-methyl/N-ethyl adjacent to an activating group) is 1. The molecule has 34 heavy (non-hydrogen) atoms. The number of aromatic nitrogens is 3. The Morgan fingerprint density at radius 1 is 1.29 bits per heavy atom. The van der Waals surface area contributed by atoms with Crippen LogP contribution in [0.5, 0.6) is 11.5 Å². The first-order valence-corrected chi connectivity index (χ1v) is 11.9. The third-order valence-electron chi connectivity index (χ3n) is 6.52. The number of amides is 1. The highest BCUT2D eigenvalue weighted by Crippen LogP contribution is 2.32. The number of fused-ring (bicyclic) bond motifs is 2. The molecular formula is C24H35N5O5. The van der Waals surface area contributed by atoms with Gasteiger partial charge in [0, 0.05) is 38.5 Å². The van der Waals surface area contributed by atoms with Gasteiger partial charge in [-0.05, 0) is 38.1 Å². The summed E-state index contributed by atoms with van der Waals surface area (Å²) in [6, 6.07) is 5.75. The summed E-state index contributed by atoms with van der Waals surface area (Å²) in [5.41, 5.74) is 2.03. The van der Waals surface area contributed by atoms with Crippen LogP contribution in [-0.4, -0.2) is 81.5 Å². The smallest absolute Gasteiger partial charge is 0.231 e. The van der Waals surface area contributed by atoms with E-state index in [4.69, 9.17) is 14.2 Å². The van der Waals surface area contributed by atoms with Gasteiger partial charge in [0.05, 0.1) is 37.3 Å². The van der Waals surface area contributed by atoms with Crippen LogP contribution in [0.25, 0.3) is 0 Å². The predicted molar refractivity (Wildman–Crippen MR) is 124 cm³/mol. The van der Waals surface area contributed by atoms with Crippen LogP contribution in [-0.2, 0) is 29.2 Å². The van der Waals surface area contributed by atoms with Crippen molar-refractivity contribution in [1.29, 1.82) is 0 Å². The molecule has 2 aliphatic rings. The van der Waals surface area contributed by atoms with Gasteiger partial charge in [-0.2, -0.15) is 0 Å². The molecule has 0 saturated carbocycles. The number of ether oxygens (including phenoxy) is 3. The summed E-state index contributed by atoms with van der Waals surface area (Å²) in [4.78, 5) is 17.0. The molecule has 1 aromatic carbocycles. The third-order valence-corrected chi connectivity index (χ3v) is 6.52. The fourth-order valence-corrected chi connectivity index (χ4v) is 4.47. The maximum absolute atomic E-state index is 13.0. The monoisotopic (exact) mass is 473 g/mol. The number of aliphatic hydroxyl groups is 1. The predicted octanol–water partition coefficient (Wildman–Crippen LogP) is 1.66. The highest BCUT2D eigenvalue weighted by atomic mass is 16.7. The Bertz CT molecular complexity index is 967. The van der Waals surface area contributed by atoms with Gasteiger partial charge in [-0.1, -0.05) is 18.2 Å². The zero-order valence-electron chi connectivity index (χ0n) is 20.2. The highest BCUT2D eigenvalue weighted by Gasteiger charge is 2.28. The van der Waals surface area contributed by atoms with E-state index in [1.807, 2.05) is 29.8 Å². The number of nitrogens with zero attached hydrogens (tertiary/aromatic N) is 5. The van der Waals surface area contributed by atoms with E-state index in [2.05, 4.69) is 29.2 Å². The molecule has 0 fully saturated rings. The number of aliphatic hydroxyl groups excluding tert-OH is 1. The van der Waals surface area contributed by atoms with Crippen molar-refractivity contribution in [1.82, 2.24) is 24.8 Å². The first-order chi connectivity index (χ1) is 16.4. The quantitative estimate of drug-likeness (QED) is 0.676. The van der Waals surface area contributed by atoms with Crippen molar-refractivity contribution in [3.8, 4) is 11.5 Å². The van der Waals surface area contributed by atoms with E-state index in [0.717, 1.165) is 29.3 Å². The van der Waals surface area contributed by atoms with Gasteiger partial charge < -0.3 is 24.2 Å². The topological polar surface area (TPSA) is 102 Å². The molecule has 1 amide bonds. The maximum atomic E-state index is 13.0. The molecule has 186 valence electrons. The van der Waals surface area contributed by atoms with Crippen molar-refractivity contribution in [3.05, 3.63) is 35.7 Å². The van der Waals surface area contributed by atoms with Crippen LogP contribution in [0.3, 0.4) is 0 Å². The molecule has 1 aromatic heterocycles. The summed E-state index contributed by atoms with van der Waals surface area (Å²) in [6.45, 7) is 7.11. The van der Waals surface area contributed by atoms with Gasteiger partial charge in [-0.25, -0.2) is 4.68 Å². The number of aryl methyl sites for hydroxylation is 1. The van der Waals surface area contributed by atoms with E-state index in [-0.39, 0.29) is 37.4 Å². The van der Waals surface area contributed by atoms with E-state index >= 15 is 0 Å². The molecule has 0 bridgehead atoms. The lowest BCUT2D eigenvalue weighted by Crippen LogP contribution is -2.47. The first kappa shape index (κ1) is 24.4. The molecule has 10 nitrogen and oxygen atoms in total. The van der Waals surface area contributed by atoms with Crippen molar-refractivity contribution in [2.45, 2.75) is 58.5 Å². The van der Waals surface area contributed by atoms with Crippen molar-refractivity contribution < 1.29 is 24.1 Å². The highest BCUT2D eigenvalue weighted by molar-refractivity contribution is 5.76. The van der Waals surface area contributed by atoms with Gasteiger partial charge in [0.25, 0.3) is 0 Å². The minimum absolute atomic E-state index is 0.0445. The summed E-state index contributed by atoms with van der Waals surface area (Å²) in [7, 11) is 2.06. The molecule has 0 aliphatic carbocycles. The van der Waals surface area contributed by atoms with E-state index in [9.17, 15) is 9.90 Å². The van der Waals surface area contributed by atoms with Gasteiger partial charge in [-0.3, -0.25) is 9.69 Å². The molecular weight excluding hydrogens is 438 g/mol. The Morgan fingerprint density at radius 2 is 2.12 bits per heavy atom. The zero-order valence-corrected chi connectivity index (χ0v) is 20.2. The Morgan fingerprint density at radius 3 is 2.94 bits per heavy atom. The van der Waals surface area contributed by atoms with Gasteiger partial charge in [0.2, 0.25) is 12.7 Å². The number of hydrogen-bond donors (Lipinski definition) is 1. The van der Waals surface area contributed by atoms with Crippen molar-refractivity contribution in [2.24, 2.45) is 5.92 Å². The van der Waals surface area contributed by atoms with Crippen LogP contribution in [0.1, 0.15) is 37.9 Å². The van der Waals surface area contributed by atoms with Gasteiger partial charge >= 0.3 is 0 Å². The van der Waals surface area contributed by atoms with E-state index < -0.39 is 0 Å². The Balaban J connectivity index is 1.49. The lowest BCUT2D eigenvalue weighted by Gasteiger charge is -2.35. The van der Waals surface area contributed by atoms with Crippen LogP contribution in [0.2, 0.25) is 0 Å². The summed E-state index contributed by atoms with van der Waals surface area (Å²) < 4.78 is 19.1. The number of carbonyl (C=O) groups excluding carboxylic acids is 1. The van der Waals surface area contributed by atoms with Crippen molar-refractivity contribution >= 4 is 5.91 Å². The van der Waals surface area contributed by atoms with Gasteiger partial charge in [-0.15, -0.1) is 5.10 Å². The van der Waals surface area contributed by atoms with Crippen LogP contribution in [0, 0.1) is 5.92 Å². The summed E-state index contributed by atoms with van der Waals surface area (Å²) in [6.07, 6.45) is 2.67. The fourth-order valence-electron chi connectivity index (χ4n) is 4.47. The second-order valence-corrected chi connectivity index (χ2v) is 9.34. The molecule has 3 heterocycles. The molecule has 3 atom stereocenters. The molecule has 1 N–H and O–H groups in total. The van der Waals surface area contributed by atoms with Gasteiger partial charge in [0.1, 0.15) is 0 Å². The number of rotatable bonds is 6. The minimum Gasteiger partial charge on any atom is -0.454 e. The lowest BCUT2D eigenvalue weighted by molar-refractivity contribution is -0.136. The standard InChI is InChI=1S/C24H35N5O5/c1-17-11-28(18(2)14-30)24(31)5-4-8-29-20(10-25-26-29)15-32-23(17)13-27(3)12-19-6-7-21-22(9-19)34-16-33-21/h6-7,9-10,17-18,23,30H,4-5,8,11-16H2,1-3H3/t17-,18-,23+/m0/s1. The normalized spacial score (nSPS) is 22.3. The summed E-state index contributed by atoms with van der Waals surface area (Å²) in [5.74, 6) is 1.65.